The van der Waals surface area contributed by atoms with Crippen molar-refractivity contribution in [2.45, 2.75) is 44.4 Å². The van der Waals surface area contributed by atoms with Crippen molar-refractivity contribution in [3.63, 3.8) is 0 Å². The molecular formula is C17H29NOSi. The quantitative estimate of drug-likeness (QED) is 0.741. The van der Waals surface area contributed by atoms with Gasteiger partial charge in [-0.2, -0.15) is 0 Å². The highest BCUT2D eigenvalue weighted by atomic mass is 28.3. The maximum absolute atomic E-state index is 5.39. The SMILES string of the molecule is COCC1CCCN1C[Si](C)(C)C(C)c1ccccc1. The maximum Gasteiger partial charge on any atom is 0.0700 e. The number of nitrogens with zero attached hydrogens (tertiary/aromatic N) is 1. The van der Waals surface area contributed by atoms with Crippen LogP contribution in [-0.4, -0.2) is 45.4 Å². The number of rotatable bonds is 6. The van der Waals surface area contributed by atoms with Crippen LogP contribution in [-0.2, 0) is 4.74 Å². The zero-order valence-electron chi connectivity index (χ0n) is 13.4. The molecule has 0 radical (unpaired) electrons. The first-order valence-corrected chi connectivity index (χ1v) is 11.1. The van der Waals surface area contributed by atoms with Gasteiger partial charge in [-0.05, 0) is 36.7 Å². The Hall–Kier alpha value is -0.643. The van der Waals surface area contributed by atoms with Gasteiger partial charge >= 0.3 is 0 Å². The zero-order valence-corrected chi connectivity index (χ0v) is 14.4. The molecule has 2 rings (SSSR count). The fraction of sp³-hybridized carbons (Fsp3) is 0.647. The van der Waals surface area contributed by atoms with Crippen LogP contribution in [0.5, 0.6) is 0 Å². The molecule has 0 saturated carbocycles. The first kappa shape index (κ1) is 15.7. The van der Waals surface area contributed by atoms with E-state index in [0.29, 0.717) is 11.6 Å². The van der Waals surface area contributed by atoms with Crippen molar-refractivity contribution in [3.05, 3.63) is 35.9 Å². The van der Waals surface area contributed by atoms with Crippen molar-refractivity contribution in [3.8, 4) is 0 Å². The van der Waals surface area contributed by atoms with Crippen LogP contribution in [0.4, 0.5) is 0 Å². The van der Waals surface area contributed by atoms with E-state index in [1.165, 1.54) is 31.1 Å². The Morgan fingerprint density at radius 3 is 2.65 bits per heavy atom. The molecule has 0 aliphatic carbocycles. The van der Waals surface area contributed by atoms with Gasteiger partial charge in [-0.3, -0.25) is 0 Å². The minimum absolute atomic E-state index is 0.648. The van der Waals surface area contributed by atoms with Crippen LogP contribution < -0.4 is 0 Å². The number of benzene rings is 1. The molecule has 1 heterocycles. The van der Waals surface area contributed by atoms with E-state index in [1.54, 1.807) is 0 Å². The van der Waals surface area contributed by atoms with Crippen molar-refractivity contribution in [1.82, 2.24) is 4.90 Å². The third-order valence-corrected chi connectivity index (χ3v) is 8.84. The molecular weight excluding hydrogens is 262 g/mol. The van der Waals surface area contributed by atoms with Crippen molar-refractivity contribution < 1.29 is 4.74 Å². The lowest BCUT2D eigenvalue weighted by Gasteiger charge is -2.36. The predicted octanol–water partition coefficient (Wildman–Crippen LogP) is 3.69. The minimum Gasteiger partial charge on any atom is -0.383 e. The van der Waals surface area contributed by atoms with E-state index in [0.717, 1.165) is 6.61 Å². The number of ether oxygens (including phenoxy) is 1. The molecule has 20 heavy (non-hydrogen) atoms. The summed E-state index contributed by atoms with van der Waals surface area (Å²) in [6, 6.07) is 11.7. The molecule has 112 valence electrons. The topological polar surface area (TPSA) is 12.5 Å². The van der Waals surface area contributed by atoms with Gasteiger partial charge in [0.2, 0.25) is 0 Å². The van der Waals surface area contributed by atoms with Crippen LogP contribution in [0.2, 0.25) is 13.1 Å². The molecule has 1 aliphatic rings. The van der Waals surface area contributed by atoms with Gasteiger partial charge in [-0.15, -0.1) is 0 Å². The summed E-state index contributed by atoms with van der Waals surface area (Å²) < 4.78 is 5.39. The van der Waals surface area contributed by atoms with Crippen LogP contribution in [0.1, 0.15) is 30.9 Å². The van der Waals surface area contributed by atoms with E-state index < -0.39 is 8.07 Å². The van der Waals surface area contributed by atoms with Gasteiger partial charge in [-0.25, -0.2) is 0 Å². The molecule has 0 amide bonds. The van der Waals surface area contributed by atoms with E-state index in [4.69, 9.17) is 4.74 Å². The van der Waals surface area contributed by atoms with Crippen LogP contribution in [0.25, 0.3) is 0 Å². The van der Waals surface area contributed by atoms with Crippen molar-refractivity contribution in [1.29, 1.82) is 0 Å². The molecule has 0 bridgehead atoms. The molecule has 3 heteroatoms. The van der Waals surface area contributed by atoms with E-state index in [1.807, 2.05) is 7.11 Å². The third-order valence-electron chi connectivity index (χ3n) is 4.94. The van der Waals surface area contributed by atoms with Crippen LogP contribution in [0, 0.1) is 0 Å². The molecule has 0 spiro atoms. The highest BCUT2D eigenvalue weighted by Crippen LogP contribution is 2.29. The lowest BCUT2D eigenvalue weighted by molar-refractivity contribution is 0.124. The Morgan fingerprint density at radius 2 is 2.00 bits per heavy atom. The van der Waals surface area contributed by atoms with E-state index >= 15 is 0 Å². The lowest BCUT2D eigenvalue weighted by atomic mass is 10.2. The molecule has 2 nitrogen and oxygen atoms in total. The molecule has 1 aromatic carbocycles. The largest absolute Gasteiger partial charge is 0.383 e. The lowest BCUT2D eigenvalue weighted by Crippen LogP contribution is -2.49. The average molecular weight is 292 g/mol. The summed E-state index contributed by atoms with van der Waals surface area (Å²) in [6.45, 7) is 9.64. The molecule has 0 aromatic heterocycles. The number of likely N-dealkylation sites (tertiary alicyclic amines) is 1. The zero-order chi connectivity index (χ0) is 14.6. The van der Waals surface area contributed by atoms with E-state index in [9.17, 15) is 0 Å². The molecule has 2 atom stereocenters. The third kappa shape index (κ3) is 3.71. The summed E-state index contributed by atoms with van der Waals surface area (Å²) in [4.78, 5) is 2.69. The summed E-state index contributed by atoms with van der Waals surface area (Å²) in [6.07, 6.45) is 3.92. The van der Waals surface area contributed by atoms with E-state index in [2.05, 4.69) is 55.2 Å². The van der Waals surface area contributed by atoms with Gasteiger partial charge in [0.25, 0.3) is 0 Å². The van der Waals surface area contributed by atoms with Crippen molar-refractivity contribution >= 4 is 8.07 Å². The van der Waals surface area contributed by atoms with Crippen LogP contribution in [0.3, 0.4) is 0 Å². The van der Waals surface area contributed by atoms with Gasteiger partial charge in [0, 0.05) is 13.2 Å². The first-order valence-electron chi connectivity index (χ1n) is 7.82. The predicted molar refractivity (Wildman–Crippen MR) is 88.8 cm³/mol. The summed E-state index contributed by atoms with van der Waals surface area (Å²) in [5.41, 5.74) is 2.21. The molecule has 2 unspecified atom stereocenters. The summed E-state index contributed by atoms with van der Waals surface area (Å²) in [7, 11) is 0.512. The normalized spacial score (nSPS) is 22.1. The summed E-state index contributed by atoms with van der Waals surface area (Å²) in [5, 5.41) is 0. The standard InChI is InChI=1S/C17H29NOSi/c1-15(16-9-6-5-7-10-16)20(3,4)14-18-12-8-11-17(18)13-19-2/h5-7,9-10,15,17H,8,11-14H2,1-4H3. The van der Waals surface area contributed by atoms with Gasteiger partial charge in [-0.1, -0.05) is 50.3 Å². The summed E-state index contributed by atoms with van der Waals surface area (Å²) >= 11 is 0. The second-order valence-electron chi connectivity index (χ2n) is 6.84. The highest BCUT2D eigenvalue weighted by molar-refractivity contribution is 6.78. The Balaban J connectivity index is 2.03. The molecule has 1 saturated heterocycles. The minimum atomic E-state index is -1.31. The number of hydrogen-bond donors (Lipinski definition) is 0. The van der Waals surface area contributed by atoms with Crippen molar-refractivity contribution in [2.75, 3.05) is 26.4 Å². The van der Waals surface area contributed by atoms with E-state index in [-0.39, 0.29) is 0 Å². The van der Waals surface area contributed by atoms with Gasteiger partial charge in [0.15, 0.2) is 0 Å². The van der Waals surface area contributed by atoms with Gasteiger partial charge in [0.1, 0.15) is 0 Å². The molecule has 1 aromatic rings. The Kier molecular flexibility index (Phi) is 5.41. The number of methoxy groups -OCH3 is 1. The highest BCUT2D eigenvalue weighted by Gasteiger charge is 2.35. The second kappa shape index (κ2) is 6.88. The second-order valence-corrected chi connectivity index (χ2v) is 12.0. The average Bonchev–Trinajstić information content (AvgIpc) is 2.86. The first-order chi connectivity index (χ1) is 9.54. The van der Waals surface area contributed by atoms with Crippen LogP contribution >= 0.6 is 0 Å². The Labute approximate surface area is 125 Å². The Bertz CT molecular complexity index is 407. The van der Waals surface area contributed by atoms with Gasteiger partial charge in [0.05, 0.1) is 14.7 Å². The molecule has 0 N–H and O–H groups in total. The number of hydrogen-bond acceptors (Lipinski definition) is 2. The van der Waals surface area contributed by atoms with Crippen LogP contribution in [0.15, 0.2) is 30.3 Å². The monoisotopic (exact) mass is 291 g/mol. The fourth-order valence-electron chi connectivity index (χ4n) is 3.34. The van der Waals surface area contributed by atoms with Crippen molar-refractivity contribution in [2.24, 2.45) is 0 Å². The van der Waals surface area contributed by atoms with Gasteiger partial charge < -0.3 is 9.64 Å². The maximum atomic E-state index is 5.39. The fourth-order valence-corrected chi connectivity index (χ4v) is 6.17. The molecule has 1 aliphatic heterocycles. The smallest absolute Gasteiger partial charge is 0.0700 e. The Morgan fingerprint density at radius 1 is 1.30 bits per heavy atom. The molecule has 1 fully saturated rings. The summed E-state index contributed by atoms with van der Waals surface area (Å²) in [5.74, 6) is 0.